The van der Waals surface area contributed by atoms with Gasteiger partial charge in [-0.05, 0) is 18.9 Å². The Morgan fingerprint density at radius 1 is 1.50 bits per heavy atom. The molecule has 0 aromatic carbocycles. The van der Waals surface area contributed by atoms with E-state index in [4.69, 9.17) is 0 Å². The van der Waals surface area contributed by atoms with Crippen molar-refractivity contribution < 1.29 is 4.79 Å². The lowest BCUT2D eigenvalue weighted by Gasteiger charge is -2.29. The highest BCUT2D eigenvalue weighted by molar-refractivity contribution is 5.63. The Hall–Kier alpha value is -0.930. The van der Waals surface area contributed by atoms with Crippen LogP contribution in [0.1, 0.15) is 13.3 Å². The molecule has 0 spiro atoms. The van der Waals surface area contributed by atoms with Gasteiger partial charge in [-0.3, -0.25) is 4.90 Å². The molecule has 1 heterocycles. The minimum absolute atomic E-state index is 0.271. The van der Waals surface area contributed by atoms with E-state index in [0.717, 1.165) is 45.4 Å². The fraction of sp³-hybridized carbons (Fsp3) is 0.615. The Kier molecular flexibility index (Phi) is 3.56. The first-order valence-corrected chi connectivity index (χ1v) is 5.99. The number of allylic oxidation sites excluding steroid dienone is 2. The average molecular weight is 220 g/mol. The molecule has 0 saturated carbocycles. The summed E-state index contributed by atoms with van der Waals surface area (Å²) in [6, 6.07) is 0. The maximum Gasteiger partial charge on any atom is 0.129 e. The van der Waals surface area contributed by atoms with Gasteiger partial charge in [-0.15, -0.1) is 0 Å². The molecule has 0 unspecified atom stereocenters. The van der Waals surface area contributed by atoms with Crippen LogP contribution in [0.4, 0.5) is 0 Å². The molecule has 1 aliphatic carbocycles. The molecule has 0 bridgehead atoms. The smallest absolute Gasteiger partial charge is 0.129 e. The van der Waals surface area contributed by atoms with Gasteiger partial charge in [0.15, 0.2) is 0 Å². The van der Waals surface area contributed by atoms with E-state index in [9.17, 15) is 4.79 Å². The molecule has 1 aliphatic heterocycles. The summed E-state index contributed by atoms with van der Waals surface area (Å²) in [7, 11) is 0. The van der Waals surface area contributed by atoms with Crippen LogP contribution in [-0.4, -0.2) is 43.9 Å². The Morgan fingerprint density at radius 2 is 2.25 bits per heavy atom. The summed E-state index contributed by atoms with van der Waals surface area (Å²) >= 11 is 0. The topological polar surface area (TPSA) is 32.3 Å². The van der Waals surface area contributed by atoms with Gasteiger partial charge in [-0.25, -0.2) is 0 Å². The van der Waals surface area contributed by atoms with Crippen LogP contribution in [0.2, 0.25) is 0 Å². The van der Waals surface area contributed by atoms with E-state index in [1.165, 1.54) is 5.57 Å². The number of hydrogen-bond donors (Lipinski definition) is 1. The van der Waals surface area contributed by atoms with E-state index in [2.05, 4.69) is 22.4 Å². The number of carbonyl (C=O) groups excluding carboxylic acids is 1. The first-order valence-electron chi connectivity index (χ1n) is 5.99. The van der Waals surface area contributed by atoms with Crippen molar-refractivity contribution in [2.45, 2.75) is 13.3 Å². The summed E-state index contributed by atoms with van der Waals surface area (Å²) in [6.07, 6.45) is 8.24. The minimum atomic E-state index is -0.271. The summed E-state index contributed by atoms with van der Waals surface area (Å²) in [5, 5.41) is 3.35. The van der Waals surface area contributed by atoms with Crippen molar-refractivity contribution in [1.82, 2.24) is 10.2 Å². The molecule has 2 aliphatic rings. The van der Waals surface area contributed by atoms with Crippen LogP contribution in [0.15, 0.2) is 23.8 Å². The second-order valence-corrected chi connectivity index (χ2v) is 4.97. The van der Waals surface area contributed by atoms with Gasteiger partial charge in [-0.1, -0.05) is 18.2 Å². The molecule has 0 aromatic heterocycles. The molecule has 2 rings (SSSR count). The fourth-order valence-electron chi connectivity index (χ4n) is 2.12. The zero-order valence-electron chi connectivity index (χ0n) is 9.91. The third-order valence-corrected chi connectivity index (χ3v) is 3.37. The highest BCUT2D eigenvalue weighted by Gasteiger charge is 2.22. The average Bonchev–Trinajstić information content (AvgIpc) is 2.34. The molecule has 0 aromatic rings. The summed E-state index contributed by atoms with van der Waals surface area (Å²) in [4.78, 5) is 13.3. The Labute approximate surface area is 97.2 Å². The van der Waals surface area contributed by atoms with Crippen LogP contribution in [0.5, 0.6) is 0 Å². The Morgan fingerprint density at radius 3 is 2.81 bits per heavy atom. The molecule has 1 atom stereocenters. The maximum atomic E-state index is 10.9. The first-order chi connectivity index (χ1) is 7.72. The van der Waals surface area contributed by atoms with Gasteiger partial charge in [0, 0.05) is 38.1 Å². The van der Waals surface area contributed by atoms with Crippen molar-refractivity contribution in [1.29, 1.82) is 0 Å². The lowest BCUT2D eigenvalue weighted by atomic mass is 9.83. The van der Waals surface area contributed by atoms with E-state index in [1.807, 2.05) is 13.0 Å². The van der Waals surface area contributed by atoms with Crippen molar-refractivity contribution in [2.24, 2.45) is 5.41 Å². The SMILES string of the molecule is C[C@]1(C=O)C=CC(CN2CCNCC2)=CC1. The molecule has 0 amide bonds. The summed E-state index contributed by atoms with van der Waals surface area (Å²) in [5.41, 5.74) is 1.08. The number of carbonyl (C=O) groups is 1. The monoisotopic (exact) mass is 220 g/mol. The van der Waals surface area contributed by atoms with Gasteiger partial charge in [0.1, 0.15) is 6.29 Å². The molecule has 16 heavy (non-hydrogen) atoms. The van der Waals surface area contributed by atoms with Crippen molar-refractivity contribution >= 4 is 6.29 Å². The van der Waals surface area contributed by atoms with E-state index < -0.39 is 0 Å². The standard InChI is InChI=1S/C13H20N2O/c1-13(11-16)4-2-12(3-5-13)10-15-8-6-14-7-9-15/h2-4,11,14H,5-10H2,1H3/t13-/m0/s1. The van der Waals surface area contributed by atoms with Crippen LogP contribution in [-0.2, 0) is 4.79 Å². The normalized spacial score (nSPS) is 31.2. The highest BCUT2D eigenvalue weighted by atomic mass is 16.1. The minimum Gasteiger partial charge on any atom is -0.314 e. The number of piperazine rings is 1. The Balaban J connectivity index is 1.88. The lowest BCUT2D eigenvalue weighted by Crippen LogP contribution is -2.44. The highest BCUT2D eigenvalue weighted by Crippen LogP contribution is 2.27. The van der Waals surface area contributed by atoms with Crippen molar-refractivity contribution in [3.63, 3.8) is 0 Å². The van der Waals surface area contributed by atoms with Crippen molar-refractivity contribution in [3.8, 4) is 0 Å². The molecule has 3 nitrogen and oxygen atoms in total. The van der Waals surface area contributed by atoms with E-state index in [-0.39, 0.29) is 5.41 Å². The zero-order valence-corrected chi connectivity index (χ0v) is 9.91. The number of nitrogens with one attached hydrogen (secondary N) is 1. The largest absolute Gasteiger partial charge is 0.314 e. The van der Waals surface area contributed by atoms with Gasteiger partial charge in [0.05, 0.1) is 0 Å². The zero-order chi connectivity index (χ0) is 11.4. The molecule has 1 saturated heterocycles. The second-order valence-electron chi connectivity index (χ2n) is 4.97. The third-order valence-electron chi connectivity index (χ3n) is 3.37. The number of nitrogens with zero attached hydrogens (tertiary/aromatic N) is 1. The third kappa shape index (κ3) is 2.80. The van der Waals surface area contributed by atoms with Crippen molar-refractivity contribution in [2.75, 3.05) is 32.7 Å². The van der Waals surface area contributed by atoms with Gasteiger partial charge in [0.25, 0.3) is 0 Å². The van der Waals surface area contributed by atoms with E-state index in [1.54, 1.807) is 0 Å². The van der Waals surface area contributed by atoms with Gasteiger partial charge in [0.2, 0.25) is 0 Å². The first kappa shape index (κ1) is 11.6. The molecule has 3 heteroatoms. The van der Waals surface area contributed by atoms with Crippen molar-refractivity contribution in [3.05, 3.63) is 23.8 Å². The Bertz CT molecular complexity index is 316. The summed E-state index contributed by atoms with van der Waals surface area (Å²) in [6.45, 7) is 7.42. The predicted octanol–water partition coefficient (Wildman–Crippen LogP) is 0.983. The molecule has 1 fully saturated rings. The molecule has 1 N–H and O–H groups in total. The van der Waals surface area contributed by atoms with Gasteiger partial charge < -0.3 is 10.1 Å². The molecular weight excluding hydrogens is 200 g/mol. The van der Waals surface area contributed by atoms with Crippen LogP contribution in [0.3, 0.4) is 0 Å². The fourth-order valence-corrected chi connectivity index (χ4v) is 2.12. The maximum absolute atomic E-state index is 10.9. The molecule has 0 radical (unpaired) electrons. The summed E-state index contributed by atoms with van der Waals surface area (Å²) < 4.78 is 0. The van der Waals surface area contributed by atoms with E-state index >= 15 is 0 Å². The van der Waals surface area contributed by atoms with Crippen LogP contribution >= 0.6 is 0 Å². The number of aldehydes is 1. The number of rotatable bonds is 3. The van der Waals surface area contributed by atoms with Crippen LogP contribution in [0.25, 0.3) is 0 Å². The second kappa shape index (κ2) is 4.93. The van der Waals surface area contributed by atoms with Crippen LogP contribution < -0.4 is 5.32 Å². The lowest BCUT2D eigenvalue weighted by molar-refractivity contribution is -0.113. The molecular formula is C13H20N2O. The number of hydrogen-bond acceptors (Lipinski definition) is 3. The van der Waals surface area contributed by atoms with Crippen LogP contribution in [0, 0.1) is 5.41 Å². The predicted molar refractivity (Wildman–Crippen MR) is 65.3 cm³/mol. The van der Waals surface area contributed by atoms with E-state index in [0.29, 0.717) is 0 Å². The molecule has 88 valence electrons. The summed E-state index contributed by atoms with van der Waals surface area (Å²) in [5.74, 6) is 0. The van der Waals surface area contributed by atoms with Gasteiger partial charge in [-0.2, -0.15) is 0 Å². The van der Waals surface area contributed by atoms with Gasteiger partial charge >= 0.3 is 0 Å². The quantitative estimate of drug-likeness (QED) is 0.720.